The Kier molecular flexibility index (Phi) is 6.73. The molecule has 1 unspecified atom stereocenters. The van der Waals surface area contributed by atoms with Crippen molar-refractivity contribution in [3.63, 3.8) is 0 Å². The van der Waals surface area contributed by atoms with E-state index in [-0.39, 0.29) is 18.4 Å². The van der Waals surface area contributed by atoms with E-state index in [4.69, 9.17) is 0 Å². The van der Waals surface area contributed by atoms with Crippen molar-refractivity contribution < 1.29 is 19.5 Å². The number of benzene rings is 1. The lowest BCUT2D eigenvalue weighted by atomic mass is 10.0. The van der Waals surface area contributed by atoms with Crippen LogP contribution in [0.4, 0.5) is 5.69 Å². The van der Waals surface area contributed by atoms with E-state index in [1.54, 1.807) is 29.2 Å². The van der Waals surface area contributed by atoms with Crippen LogP contribution in [0.25, 0.3) is 0 Å². The minimum Gasteiger partial charge on any atom is -0.480 e. The maximum absolute atomic E-state index is 12.6. The van der Waals surface area contributed by atoms with Crippen molar-refractivity contribution in [3.05, 3.63) is 29.8 Å². The summed E-state index contributed by atoms with van der Waals surface area (Å²) in [6.45, 7) is 2.13. The van der Waals surface area contributed by atoms with Gasteiger partial charge < -0.3 is 15.3 Å². The van der Waals surface area contributed by atoms with E-state index in [9.17, 15) is 19.5 Å². The van der Waals surface area contributed by atoms with Crippen molar-refractivity contribution in [1.82, 2.24) is 9.80 Å². The first kappa shape index (κ1) is 19.7. The molecule has 0 aliphatic carbocycles. The third-order valence-electron chi connectivity index (χ3n) is 4.94. The van der Waals surface area contributed by atoms with Crippen molar-refractivity contribution in [3.8, 4) is 0 Å². The average molecular weight is 391 g/mol. The van der Waals surface area contributed by atoms with Gasteiger partial charge in [-0.2, -0.15) is 11.8 Å². The Morgan fingerprint density at radius 3 is 2.67 bits per heavy atom. The number of piperidine rings is 1. The van der Waals surface area contributed by atoms with E-state index in [0.29, 0.717) is 24.2 Å². The first-order valence-corrected chi connectivity index (χ1v) is 10.4. The fourth-order valence-electron chi connectivity index (χ4n) is 3.52. The molecule has 0 spiro atoms. The van der Waals surface area contributed by atoms with Gasteiger partial charge in [-0.25, -0.2) is 0 Å². The zero-order chi connectivity index (χ0) is 19.2. The van der Waals surface area contributed by atoms with E-state index in [1.165, 1.54) is 0 Å². The average Bonchev–Trinajstić information content (AvgIpc) is 2.68. The van der Waals surface area contributed by atoms with Gasteiger partial charge in [0.15, 0.2) is 0 Å². The molecule has 0 saturated carbocycles. The maximum Gasteiger partial charge on any atom is 0.320 e. The van der Waals surface area contributed by atoms with Crippen LogP contribution in [-0.2, 0) is 9.59 Å². The Balaban J connectivity index is 1.60. The number of nitrogens with one attached hydrogen (secondary N) is 1. The lowest BCUT2D eigenvalue weighted by molar-refractivity contribution is -0.145. The van der Waals surface area contributed by atoms with Gasteiger partial charge in [0.2, 0.25) is 5.91 Å². The minimum atomic E-state index is -0.880. The molecule has 2 saturated heterocycles. The van der Waals surface area contributed by atoms with E-state index in [0.717, 1.165) is 37.4 Å². The van der Waals surface area contributed by atoms with Crippen LogP contribution in [-0.4, -0.2) is 76.4 Å². The van der Waals surface area contributed by atoms with Gasteiger partial charge in [-0.15, -0.1) is 0 Å². The molecule has 3 rings (SSSR count). The second-order valence-corrected chi connectivity index (χ2v) is 8.08. The van der Waals surface area contributed by atoms with Crippen molar-refractivity contribution in [1.29, 1.82) is 0 Å². The lowest BCUT2D eigenvalue weighted by Crippen LogP contribution is -2.47. The molecule has 146 valence electrons. The van der Waals surface area contributed by atoms with Crippen molar-refractivity contribution >= 4 is 35.2 Å². The van der Waals surface area contributed by atoms with E-state index >= 15 is 0 Å². The van der Waals surface area contributed by atoms with E-state index in [2.05, 4.69) is 5.32 Å². The first-order valence-electron chi connectivity index (χ1n) is 9.28. The molecular formula is C19H25N3O4S. The number of amides is 2. The van der Waals surface area contributed by atoms with Gasteiger partial charge in [-0.05, 0) is 37.6 Å². The summed E-state index contributed by atoms with van der Waals surface area (Å²) in [6.07, 6.45) is 2.34. The monoisotopic (exact) mass is 391 g/mol. The second kappa shape index (κ2) is 9.23. The molecule has 2 aliphatic rings. The summed E-state index contributed by atoms with van der Waals surface area (Å²) < 4.78 is 0. The van der Waals surface area contributed by atoms with Gasteiger partial charge in [0.1, 0.15) is 6.04 Å². The number of rotatable bonds is 5. The number of anilines is 1. The minimum absolute atomic E-state index is 0.0200. The van der Waals surface area contributed by atoms with Crippen LogP contribution in [0.15, 0.2) is 24.3 Å². The van der Waals surface area contributed by atoms with Crippen molar-refractivity contribution in [2.75, 3.05) is 43.0 Å². The molecule has 2 fully saturated rings. The Labute approximate surface area is 163 Å². The Bertz CT molecular complexity index is 706. The third kappa shape index (κ3) is 5.23. The van der Waals surface area contributed by atoms with Crippen LogP contribution in [0.2, 0.25) is 0 Å². The number of aliphatic carboxylic acids is 1. The van der Waals surface area contributed by atoms with E-state index < -0.39 is 12.0 Å². The van der Waals surface area contributed by atoms with Gasteiger partial charge in [0.05, 0.1) is 6.54 Å². The normalized spacial score (nSPS) is 20.9. The Morgan fingerprint density at radius 2 is 1.93 bits per heavy atom. The summed E-state index contributed by atoms with van der Waals surface area (Å²) in [5.41, 5.74) is 1.11. The van der Waals surface area contributed by atoms with Crippen LogP contribution in [0.3, 0.4) is 0 Å². The summed E-state index contributed by atoms with van der Waals surface area (Å²) in [5.74, 6) is 0.733. The standard InChI is InChI=1S/C19H25N3O4S/c23-17(13-22-7-2-1-6-16(22)19(25)26)20-15-5-3-4-14(12-15)18(24)21-8-10-27-11-9-21/h3-5,12,16H,1-2,6-11,13H2,(H,20,23)(H,25,26). The topological polar surface area (TPSA) is 90.0 Å². The van der Waals surface area contributed by atoms with Crippen LogP contribution in [0.1, 0.15) is 29.6 Å². The number of likely N-dealkylation sites (tertiary alicyclic amines) is 1. The molecule has 1 aromatic rings. The summed E-state index contributed by atoms with van der Waals surface area (Å²) >= 11 is 1.84. The highest BCUT2D eigenvalue weighted by molar-refractivity contribution is 7.99. The highest BCUT2D eigenvalue weighted by Crippen LogP contribution is 2.19. The Morgan fingerprint density at radius 1 is 1.15 bits per heavy atom. The van der Waals surface area contributed by atoms with Crippen molar-refractivity contribution in [2.24, 2.45) is 0 Å². The van der Waals surface area contributed by atoms with Crippen LogP contribution < -0.4 is 5.32 Å². The molecule has 0 radical (unpaired) electrons. The summed E-state index contributed by atoms with van der Waals surface area (Å²) in [6, 6.07) is 6.33. The Hall–Kier alpha value is -2.06. The third-order valence-corrected chi connectivity index (χ3v) is 5.88. The van der Waals surface area contributed by atoms with Gasteiger partial charge in [0.25, 0.3) is 5.91 Å². The zero-order valence-corrected chi connectivity index (χ0v) is 16.0. The van der Waals surface area contributed by atoms with Crippen LogP contribution in [0.5, 0.6) is 0 Å². The molecule has 27 heavy (non-hydrogen) atoms. The highest BCUT2D eigenvalue weighted by Gasteiger charge is 2.29. The number of carbonyl (C=O) groups is 3. The number of carboxylic acids is 1. The maximum atomic E-state index is 12.6. The van der Waals surface area contributed by atoms with Crippen molar-refractivity contribution in [2.45, 2.75) is 25.3 Å². The zero-order valence-electron chi connectivity index (χ0n) is 15.2. The molecule has 2 heterocycles. The number of hydrogen-bond donors (Lipinski definition) is 2. The van der Waals surface area contributed by atoms with Crippen LogP contribution in [0, 0.1) is 0 Å². The SMILES string of the molecule is O=C(CN1CCCCC1C(=O)O)Nc1cccc(C(=O)N2CCSCC2)c1. The predicted molar refractivity (Wildman–Crippen MR) is 105 cm³/mol. The molecule has 2 amide bonds. The molecule has 0 aromatic heterocycles. The predicted octanol–water partition coefficient (Wildman–Crippen LogP) is 1.75. The number of thioether (sulfide) groups is 1. The molecule has 2 N–H and O–H groups in total. The summed E-state index contributed by atoms with van der Waals surface area (Å²) in [4.78, 5) is 39.9. The number of carboxylic acid groups (broad SMARTS) is 1. The quantitative estimate of drug-likeness (QED) is 0.795. The number of hydrogen-bond acceptors (Lipinski definition) is 5. The van der Waals surface area contributed by atoms with Gasteiger partial charge in [-0.1, -0.05) is 12.5 Å². The molecule has 1 aromatic carbocycles. The second-order valence-electron chi connectivity index (χ2n) is 6.85. The van der Waals surface area contributed by atoms with Gasteiger partial charge in [-0.3, -0.25) is 19.3 Å². The molecule has 2 aliphatic heterocycles. The number of carbonyl (C=O) groups excluding carboxylic acids is 2. The van der Waals surface area contributed by atoms with Gasteiger partial charge in [0, 0.05) is 35.8 Å². The fourth-order valence-corrected chi connectivity index (χ4v) is 4.43. The fraction of sp³-hybridized carbons (Fsp3) is 0.526. The summed E-state index contributed by atoms with van der Waals surface area (Å²) in [7, 11) is 0. The molecule has 8 heteroatoms. The number of nitrogens with zero attached hydrogens (tertiary/aromatic N) is 2. The molecule has 7 nitrogen and oxygen atoms in total. The largest absolute Gasteiger partial charge is 0.480 e. The highest BCUT2D eigenvalue weighted by atomic mass is 32.2. The smallest absolute Gasteiger partial charge is 0.320 e. The summed E-state index contributed by atoms with van der Waals surface area (Å²) in [5, 5.41) is 12.1. The lowest BCUT2D eigenvalue weighted by Gasteiger charge is -2.32. The first-order chi connectivity index (χ1) is 13.0. The molecule has 1 atom stereocenters. The molecule has 0 bridgehead atoms. The van der Waals surface area contributed by atoms with Gasteiger partial charge >= 0.3 is 5.97 Å². The molecular weight excluding hydrogens is 366 g/mol. The van der Waals surface area contributed by atoms with Crippen LogP contribution >= 0.6 is 11.8 Å². The van der Waals surface area contributed by atoms with E-state index in [1.807, 2.05) is 16.7 Å².